The van der Waals surface area contributed by atoms with Crippen LogP contribution >= 0.6 is 11.5 Å². The highest BCUT2D eigenvalue weighted by molar-refractivity contribution is 7.09. The van der Waals surface area contributed by atoms with Crippen LogP contribution in [0.3, 0.4) is 0 Å². The number of hydrogen-bond donors (Lipinski definition) is 3. The van der Waals surface area contributed by atoms with Crippen LogP contribution in [0.15, 0.2) is 12.1 Å². The fourth-order valence-corrected chi connectivity index (χ4v) is 3.90. The molecule has 4 N–H and O–H groups in total. The lowest BCUT2D eigenvalue weighted by atomic mass is 10.0. The number of carbonyl (C=O) groups is 1. The van der Waals surface area contributed by atoms with Gasteiger partial charge < -0.3 is 21.1 Å². The number of alkyl halides is 3. The predicted molar refractivity (Wildman–Crippen MR) is 92.4 cm³/mol. The van der Waals surface area contributed by atoms with Gasteiger partial charge in [-0.3, -0.25) is 4.79 Å². The molecule has 27 heavy (non-hydrogen) atoms. The van der Waals surface area contributed by atoms with Crippen LogP contribution < -0.4 is 16.4 Å². The Bertz CT molecular complexity index is 878. The summed E-state index contributed by atoms with van der Waals surface area (Å²) in [6.07, 6.45) is -3.80. The normalized spacial score (nSPS) is 24.8. The lowest BCUT2D eigenvalue weighted by Crippen LogP contribution is -2.47. The maximum atomic E-state index is 14.3. The largest absolute Gasteiger partial charge is 0.380 e. The molecule has 2 aliphatic heterocycles. The van der Waals surface area contributed by atoms with Gasteiger partial charge in [0, 0.05) is 24.3 Å². The second-order valence-electron chi connectivity index (χ2n) is 6.35. The minimum absolute atomic E-state index is 0.0359. The number of rotatable bonds is 4. The summed E-state index contributed by atoms with van der Waals surface area (Å²) in [5.74, 6) is -0.321. The number of fused-ring (bicyclic) bond motifs is 1. The molecule has 3 atom stereocenters. The van der Waals surface area contributed by atoms with Crippen molar-refractivity contribution in [2.45, 2.75) is 31.2 Å². The van der Waals surface area contributed by atoms with Crippen LogP contribution in [-0.4, -0.2) is 40.6 Å². The van der Waals surface area contributed by atoms with Gasteiger partial charge in [0.25, 0.3) is 12.3 Å². The molecule has 2 aromatic heterocycles. The minimum Gasteiger partial charge on any atom is -0.380 e. The summed E-state index contributed by atoms with van der Waals surface area (Å²) in [5, 5.41) is 5.33. The van der Waals surface area contributed by atoms with Crippen LogP contribution in [0.4, 0.5) is 19.0 Å². The number of aromatic nitrogens is 2. The van der Waals surface area contributed by atoms with Crippen molar-refractivity contribution in [1.29, 1.82) is 0 Å². The number of anilines is 1. The lowest BCUT2D eigenvalue weighted by Gasteiger charge is -2.30. The summed E-state index contributed by atoms with van der Waals surface area (Å²) < 4.78 is 49.0. The topological polar surface area (TPSA) is 102 Å². The minimum atomic E-state index is -2.74. The van der Waals surface area contributed by atoms with E-state index in [0.717, 1.165) is 11.5 Å². The van der Waals surface area contributed by atoms with Crippen LogP contribution in [0.25, 0.3) is 10.6 Å². The summed E-state index contributed by atoms with van der Waals surface area (Å²) in [7, 11) is 0. The van der Waals surface area contributed by atoms with E-state index in [-0.39, 0.29) is 33.8 Å². The Morgan fingerprint density at radius 3 is 2.93 bits per heavy atom. The van der Waals surface area contributed by atoms with Crippen molar-refractivity contribution in [3.05, 3.63) is 29.0 Å². The van der Waals surface area contributed by atoms with E-state index in [1.807, 2.05) is 0 Å². The van der Waals surface area contributed by atoms with Crippen molar-refractivity contribution in [3.63, 3.8) is 0 Å². The van der Waals surface area contributed by atoms with E-state index in [0.29, 0.717) is 25.5 Å². The molecule has 2 aliphatic rings. The lowest BCUT2D eigenvalue weighted by molar-refractivity contribution is 0.0752. The van der Waals surface area contributed by atoms with Crippen molar-refractivity contribution < 1.29 is 22.7 Å². The van der Waals surface area contributed by atoms with Gasteiger partial charge in [-0.15, -0.1) is 0 Å². The van der Waals surface area contributed by atoms with E-state index in [4.69, 9.17) is 10.5 Å². The Morgan fingerprint density at radius 2 is 2.22 bits per heavy atom. The molecule has 0 spiro atoms. The van der Waals surface area contributed by atoms with E-state index in [9.17, 15) is 18.0 Å². The van der Waals surface area contributed by atoms with E-state index in [1.165, 1.54) is 12.1 Å². The van der Waals surface area contributed by atoms with Gasteiger partial charge in [0.15, 0.2) is 6.30 Å². The first-order valence-corrected chi connectivity index (χ1v) is 9.06. The maximum Gasteiger partial charge on any atom is 0.281 e. The molecule has 4 rings (SSSR count). The Morgan fingerprint density at radius 1 is 1.41 bits per heavy atom. The van der Waals surface area contributed by atoms with Crippen LogP contribution in [0.1, 0.15) is 40.8 Å². The highest BCUT2D eigenvalue weighted by atomic mass is 32.1. The van der Waals surface area contributed by atoms with Crippen molar-refractivity contribution in [2.75, 3.05) is 18.5 Å². The number of carbonyl (C=O) groups excluding carboxylic acids is 1. The second kappa shape index (κ2) is 7.06. The van der Waals surface area contributed by atoms with Crippen molar-refractivity contribution in [1.82, 2.24) is 14.7 Å². The number of ether oxygens (including phenoxy) is 1. The molecule has 0 saturated carbocycles. The second-order valence-corrected chi connectivity index (χ2v) is 7.16. The number of nitrogens with zero attached hydrogens (tertiary/aromatic N) is 2. The molecule has 144 valence electrons. The van der Waals surface area contributed by atoms with E-state index in [2.05, 4.69) is 20.0 Å². The van der Waals surface area contributed by atoms with E-state index >= 15 is 0 Å². The monoisotopic (exact) mass is 399 g/mol. The zero-order valence-electron chi connectivity index (χ0n) is 13.9. The first kappa shape index (κ1) is 18.1. The van der Waals surface area contributed by atoms with Crippen molar-refractivity contribution in [2.24, 2.45) is 5.73 Å². The fourth-order valence-electron chi connectivity index (χ4n) is 3.15. The summed E-state index contributed by atoms with van der Waals surface area (Å²) in [5.41, 5.74) is 5.89. The van der Waals surface area contributed by atoms with Crippen LogP contribution in [0.5, 0.6) is 0 Å². The molecular weight excluding hydrogens is 383 g/mol. The molecule has 11 heteroatoms. The summed E-state index contributed by atoms with van der Waals surface area (Å²) in [6.45, 7) is 0.912. The molecule has 0 aromatic carbocycles. The number of pyridine rings is 1. The molecule has 1 fully saturated rings. The van der Waals surface area contributed by atoms with Crippen molar-refractivity contribution >= 4 is 23.3 Å². The highest BCUT2D eigenvalue weighted by Crippen LogP contribution is 2.38. The maximum absolute atomic E-state index is 14.3. The molecule has 1 unspecified atom stereocenters. The van der Waals surface area contributed by atoms with Crippen LogP contribution in [-0.2, 0) is 4.74 Å². The van der Waals surface area contributed by atoms with E-state index < -0.39 is 24.3 Å². The molecule has 1 saturated heterocycles. The Labute approximate surface area is 156 Å². The average molecular weight is 399 g/mol. The van der Waals surface area contributed by atoms with Crippen LogP contribution in [0, 0.1) is 0 Å². The smallest absolute Gasteiger partial charge is 0.281 e. The number of nitrogens with two attached hydrogens (primary N) is 1. The van der Waals surface area contributed by atoms with Gasteiger partial charge >= 0.3 is 0 Å². The Hall–Kier alpha value is -2.24. The molecule has 0 radical (unpaired) electrons. The van der Waals surface area contributed by atoms with Gasteiger partial charge in [-0.2, -0.15) is 4.37 Å². The van der Waals surface area contributed by atoms with Gasteiger partial charge in [-0.1, -0.05) is 0 Å². The predicted octanol–water partition coefficient (Wildman–Crippen LogP) is 2.38. The van der Waals surface area contributed by atoms with Gasteiger partial charge in [0.2, 0.25) is 0 Å². The zero-order valence-corrected chi connectivity index (χ0v) is 14.7. The Balaban J connectivity index is 1.75. The average Bonchev–Trinajstić information content (AvgIpc) is 3.22. The quantitative estimate of drug-likeness (QED) is 0.683. The van der Waals surface area contributed by atoms with Gasteiger partial charge in [-0.25, -0.2) is 18.2 Å². The van der Waals surface area contributed by atoms with Gasteiger partial charge in [0.05, 0.1) is 22.7 Å². The molecule has 7 nitrogen and oxygen atoms in total. The van der Waals surface area contributed by atoms with Gasteiger partial charge in [-0.05, 0) is 30.1 Å². The molecule has 0 aliphatic carbocycles. The third kappa shape index (κ3) is 3.37. The number of halogens is 3. The fraction of sp³-hybridized carbons (Fsp3) is 0.438. The summed E-state index contributed by atoms with van der Waals surface area (Å²) in [6, 6.07) is 2.20. The summed E-state index contributed by atoms with van der Waals surface area (Å²) >= 11 is 0.788. The van der Waals surface area contributed by atoms with Crippen LogP contribution in [0.2, 0.25) is 0 Å². The molecular formula is C16H16F3N5O2S. The molecule has 0 bridgehead atoms. The van der Waals surface area contributed by atoms with E-state index in [1.54, 1.807) is 0 Å². The number of nitrogens with one attached hydrogen (secondary N) is 2. The molecule has 4 heterocycles. The number of amides is 1. The first-order valence-electron chi connectivity index (χ1n) is 8.29. The number of hydrogen-bond acceptors (Lipinski definition) is 7. The third-order valence-electron chi connectivity index (χ3n) is 4.53. The zero-order chi connectivity index (χ0) is 19.1. The first-order chi connectivity index (χ1) is 12.9. The third-order valence-corrected chi connectivity index (χ3v) is 5.34. The van der Waals surface area contributed by atoms with Gasteiger partial charge in [0.1, 0.15) is 11.5 Å². The molecule has 1 amide bonds. The van der Waals surface area contributed by atoms with Crippen molar-refractivity contribution in [3.8, 4) is 10.6 Å². The SMILES string of the molecule is N[C@H]1COCC[C@H]1Nc1cc2c(c(-c3cc(C(F)F)ns3)n1)C(=O)NC2F. The highest BCUT2D eigenvalue weighted by Gasteiger charge is 2.34. The summed E-state index contributed by atoms with van der Waals surface area (Å²) in [4.78, 5) is 16.8. The standard InChI is InChI=1S/C16H16F3N5O2S/c17-14(18)9-4-10(27-24-9)13-12-6(15(19)23-16(12)25)3-11(22-13)21-8-1-2-26-5-7(8)20/h3-4,7-8,14-15H,1-2,5,20H2,(H,21,22)(H,23,25)/t7-,8+,15?/m0/s1. The molecule has 2 aromatic rings. The Kier molecular flexibility index (Phi) is 4.74.